The SMILES string of the molecule is C#C/C=C/COc1ccc(C(=O)N[C@H](C(=O)NO)[C@@H](C)N)cc1. The molecule has 0 radical (unpaired) electrons. The number of rotatable bonds is 7. The van der Waals surface area contributed by atoms with E-state index < -0.39 is 23.9 Å². The van der Waals surface area contributed by atoms with Crippen LogP contribution in [0.4, 0.5) is 0 Å². The number of allylic oxidation sites excluding steroid dienone is 1. The van der Waals surface area contributed by atoms with Gasteiger partial charge in [0.05, 0.1) is 0 Å². The number of hydrogen-bond acceptors (Lipinski definition) is 5. The number of hydrogen-bond donors (Lipinski definition) is 4. The van der Waals surface area contributed by atoms with E-state index in [4.69, 9.17) is 22.1 Å². The molecule has 0 aliphatic rings. The van der Waals surface area contributed by atoms with Crippen molar-refractivity contribution in [2.24, 2.45) is 5.73 Å². The monoisotopic (exact) mass is 317 g/mol. The molecule has 7 nitrogen and oxygen atoms in total. The van der Waals surface area contributed by atoms with E-state index >= 15 is 0 Å². The second-order valence-electron chi connectivity index (χ2n) is 4.69. The molecule has 0 fully saturated rings. The van der Waals surface area contributed by atoms with E-state index in [1.54, 1.807) is 37.3 Å². The molecule has 0 saturated carbocycles. The number of amides is 2. The first-order valence-corrected chi connectivity index (χ1v) is 6.84. The van der Waals surface area contributed by atoms with Crippen molar-refractivity contribution < 1.29 is 19.5 Å². The van der Waals surface area contributed by atoms with Crippen LogP contribution in [0.2, 0.25) is 0 Å². The number of nitrogens with two attached hydrogens (primary N) is 1. The van der Waals surface area contributed by atoms with E-state index in [1.807, 2.05) is 0 Å². The first kappa shape index (κ1) is 18.2. The molecule has 7 heteroatoms. The van der Waals surface area contributed by atoms with E-state index in [0.717, 1.165) is 0 Å². The molecule has 5 N–H and O–H groups in total. The van der Waals surface area contributed by atoms with Crippen LogP contribution >= 0.6 is 0 Å². The molecule has 0 aliphatic heterocycles. The zero-order chi connectivity index (χ0) is 17.2. The summed E-state index contributed by atoms with van der Waals surface area (Å²) in [5.74, 6) is 1.64. The van der Waals surface area contributed by atoms with E-state index in [-0.39, 0.29) is 0 Å². The average molecular weight is 317 g/mol. The van der Waals surface area contributed by atoms with Gasteiger partial charge in [0.25, 0.3) is 11.8 Å². The molecule has 0 spiro atoms. The lowest BCUT2D eigenvalue weighted by molar-refractivity contribution is -0.131. The number of ether oxygens (including phenoxy) is 1. The van der Waals surface area contributed by atoms with Crippen molar-refractivity contribution >= 4 is 11.8 Å². The van der Waals surface area contributed by atoms with Gasteiger partial charge in [-0.05, 0) is 43.3 Å². The van der Waals surface area contributed by atoms with Gasteiger partial charge in [0.15, 0.2) is 0 Å². The predicted octanol–water partition coefficient (Wildman–Crippen LogP) is 0.206. The van der Waals surface area contributed by atoms with Crippen LogP contribution in [0.5, 0.6) is 5.75 Å². The van der Waals surface area contributed by atoms with Crippen LogP contribution in [0.1, 0.15) is 17.3 Å². The Hall–Kier alpha value is -2.82. The van der Waals surface area contributed by atoms with Crippen molar-refractivity contribution in [2.75, 3.05) is 6.61 Å². The van der Waals surface area contributed by atoms with Crippen molar-refractivity contribution in [1.82, 2.24) is 10.8 Å². The van der Waals surface area contributed by atoms with Crippen LogP contribution in [-0.2, 0) is 4.79 Å². The van der Waals surface area contributed by atoms with Crippen LogP contribution in [0.15, 0.2) is 36.4 Å². The Morgan fingerprint density at radius 3 is 2.61 bits per heavy atom. The molecule has 2 amide bonds. The topological polar surface area (TPSA) is 114 Å². The quantitative estimate of drug-likeness (QED) is 0.326. The number of carbonyl (C=O) groups excluding carboxylic acids is 2. The lowest BCUT2D eigenvalue weighted by Gasteiger charge is -2.20. The molecule has 0 aromatic heterocycles. The molecule has 0 unspecified atom stereocenters. The standard InChI is InChI=1S/C16H19N3O4/c1-3-4-5-10-23-13-8-6-12(7-9-13)15(20)18-14(11(2)17)16(21)19-22/h1,4-9,11,14,22H,10,17H2,2H3,(H,18,20)(H,19,21)/b5-4+/t11-,14+/m1/s1. The molecule has 0 saturated heterocycles. The Kier molecular flexibility index (Phi) is 7.33. The summed E-state index contributed by atoms with van der Waals surface area (Å²) in [6.07, 6.45) is 8.28. The van der Waals surface area contributed by atoms with Crippen molar-refractivity contribution in [1.29, 1.82) is 0 Å². The summed E-state index contributed by atoms with van der Waals surface area (Å²) in [5.41, 5.74) is 7.41. The fraction of sp³-hybridized carbons (Fsp3) is 0.250. The number of terminal acetylenes is 1. The van der Waals surface area contributed by atoms with Crippen molar-refractivity contribution in [3.8, 4) is 18.1 Å². The van der Waals surface area contributed by atoms with Gasteiger partial charge in [-0.25, -0.2) is 5.48 Å². The van der Waals surface area contributed by atoms with Gasteiger partial charge in [-0.2, -0.15) is 0 Å². The smallest absolute Gasteiger partial charge is 0.267 e. The molecule has 2 atom stereocenters. The highest BCUT2D eigenvalue weighted by molar-refractivity contribution is 5.97. The van der Waals surface area contributed by atoms with Crippen molar-refractivity contribution in [3.63, 3.8) is 0 Å². The number of carbonyl (C=O) groups is 2. The zero-order valence-electron chi connectivity index (χ0n) is 12.7. The Morgan fingerprint density at radius 2 is 2.09 bits per heavy atom. The summed E-state index contributed by atoms with van der Waals surface area (Å²) < 4.78 is 5.39. The van der Waals surface area contributed by atoms with E-state index in [1.165, 1.54) is 11.6 Å². The van der Waals surface area contributed by atoms with Gasteiger partial charge in [0.1, 0.15) is 18.4 Å². The van der Waals surface area contributed by atoms with Gasteiger partial charge in [-0.3, -0.25) is 14.8 Å². The lowest BCUT2D eigenvalue weighted by Crippen LogP contribution is -2.54. The molecule has 1 aromatic rings. The largest absolute Gasteiger partial charge is 0.490 e. The van der Waals surface area contributed by atoms with Gasteiger partial charge in [0, 0.05) is 11.6 Å². The minimum Gasteiger partial charge on any atom is -0.490 e. The molecule has 1 aromatic carbocycles. The lowest BCUT2D eigenvalue weighted by atomic mass is 10.1. The Morgan fingerprint density at radius 1 is 1.43 bits per heavy atom. The second kappa shape index (κ2) is 9.25. The van der Waals surface area contributed by atoms with Gasteiger partial charge in [0.2, 0.25) is 0 Å². The van der Waals surface area contributed by atoms with Crippen LogP contribution in [0, 0.1) is 12.3 Å². The number of nitrogens with one attached hydrogen (secondary N) is 2. The van der Waals surface area contributed by atoms with Gasteiger partial charge >= 0.3 is 0 Å². The molecule has 0 heterocycles. The normalized spacial score (nSPS) is 13.0. The summed E-state index contributed by atoms with van der Waals surface area (Å²) in [7, 11) is 0. The van der Waals surface area contributed by atoms with Crippen molar-refractivity contribution in [3.05, 3.63) is 42.0 Å². The Bertz CT molecular complexity index is 603. The molecule has 0 bridgehead atoms. The molecule has 122 valence electrons. The highest BCUT2D eigenvalue weighted by atomic mass is 16.5. The summed E-state index contributed by atoms with van der Waals surface area (Å²) in [6.45, 7) is 1.86. The third kappa shape index (κ3) is 5.82. The Labute approximate surface area is 134 Å². The highest BCUT2D eigenvalue weighted by Gasteiger charge is 2.24. The maximum atomic E-state index is 12.1. The number of hydroxylamine groups is 1. The Balaban J connectivity index is 2.68. The third-order valence-corrected chi connectivity index (χ3v) is 2.88. The van der Waals surface area contributed by atoms with Crippen LogP contribution < -0.4 is 21.3 Å². The van der Waals surface area contributed by atoms with Crippen molar-refractivity contribution in [2.45, 2.75) is 19.0 Å². The third-order valence-electron chi connectivity index (χ3n) is 2.88. The molecular formula is C16H19N3O4. The van der Waals surface area contributed by atoms with E-state index in [2.05, 4.69) is 11.2 Å². The van der Waals surface area contributed by atoms with E-state index in [9.17, 15) is 9.59 Å². The second-order valence-corrected chi connectivity index (χ2v) is 4.69. The van der Waals surface area contributed by atoms with E-state index in [0.29, 0.717) is 17.9 Å². The summed E-state index contributed by atoms with van der Waals surface area (Å²) in [6, 6.07) is 4.61. The van der Waals surface area contributed by atoms with Gasteiger partial charge < -0.3 is 15.8 Å². The van der Waals surface area contributed by atoms with Gasteiger partial charge in [-0.1, -0.05) is 5.92 Å². The maximum absolute atomic E-state index is 12.1. The minimum atomic E-state index is -1.04. The summed E-state index contributed by atoms with van der Waals surface area (Å²) in [5, 5.41) is 11.1. The average Bonchev–Trinajstić information content (AvgIpc) is 2.56. The molecule has 1 rings (SSSR count). The zero-order valence-corrected chi connectivity index (χ0v) is 12.7. The van der Waals surface area contributed by atoms with Crippen LogP contribution in [-0.4, -0.2) is 35.7 Å². The summed E-state index contributed by atoms with van der Waals surface area (Å²) in [4.78, 5) is 23.5. The van der Waals surface area contributed by atoms with Crippen LogP contribution in [0.25, 0.3) is 0 Å². The minimum absolute atomic E-state index is 0.319. The first-order valence-electron chi connectivity index (χ1n) is 6.84. The summed E-state index contributed by atoms with van der Waals surface area (Å²) >= 11 is 0. The first-order chi connectivity index (χ1) is 11.0. The fourth-order valence-corrected chi connectivity index (χ4v) is 1.69. The highest BCUT2D eigenvalue weighted by Crippen LogP contribution is 2.12. The molecule has 0 aliphatic carbocycles. The van der Waals surface area contributed by atoms with Gasteiger partial charge in [-0.15, -0.1) is 6.42 Å². The van der Waals surface area contributed by atoms with Crippen LogP contribution in [0.3, 0.4) is 0 Å². The number of benzene rings is 1. The maximum Gasteiger partial charge on any atom is 0.267 e. The predicted molar refractivity (Wildman–Crippen MR) is 84.7 cm³/mol. The molecule has 23 heavy (non-hydrogen) atoms. The molecular weight excluding hydrogens is 298 g/mol. The fourth-order valence-electron chi connectivity index (χ4n) is 1.69.